The predicted molar refractivity (Wildman–Crippen MR) is 108 cm³/mol. The van der Waals surface area contributed by atoms with Crippen molar-refractivity contribution in [3.63, 3.8) is 0 Å². The number of rotatable bonds is 4. The van der Waals surface area contributed by atoms with E-state index in [-0.39, 0.29) is 0 Å². The fraction of sp³-hybridized carbons (Fsp3) is 0.0870. The second-order valence-electron chi connectivity index (χ2n) is 5.94. The Labute approximate surface area is 152 Å². The standard InChI is InChI=1S/C23H20NS/c1-2-24-21-15-9-10-16-22(21)25-23(24)17-20(18-11-5-3-6-12-18)19-13-7-4-8-14-19/h3-17H,2H2,1H3/q+1. The minimum absolute atomic E-state index is 0.965. The first-order chi connectivity index (χ1) is 12.4. The number of thiazole rings is 1. The van der Waals surface area contributed by atoms with Crippen molar-refractivity contribution in [3.8, 4) is 0 Å². The van der Waals surface area contributed by atoms with Crippen LogP contribution in [0.5, 0.6) is 0 Å². The van der Waals surface area contributed by atoms with Gasteiger partial charge in [0.15, 0.2) is 0 Å². The molecule has 4 rings (SSSR count). The van der Waals surface area contributed by atoms with Gasteiger partial charge in [-0.3, -0.25) is 0 Å². The summed E-state index contributed by atoms with van der Waals surface area (Å²) in [4.78, 5) is 0. The molecule has 4 aromatic rings. The van der Waals surface area contributed by atoms with Crippen LogP contribution in [0.25, 0.3) is 21.9 Å². The van der Waals surface area contributed by atoms with Crippen molar-refractivity contribution in [1.82, 2.24) is 0 Å². The van der Waals surface area contributed by atoms with Crippen molar-refractivity contribution in [1.29, 1.82) is 0 Å². The smallest absolute Gasteiger partial charge is 0.182 e. The quantitative estimate of drug-likeness (QED) is 0.413. The molecule has 25 heavy (non-hydrogen) atoms. The Hall–Kier alpha value is -2.71. The van der Waals surface area contributed by atoms with Gasteiger partial charge >= 0.3 is 0 Å². The van der Waals surface area contributed by atoms with Gasteiger partial charge in [-0.05, 0) is 29.7 Å². The predicted octanol–water partition coefficient (Wildman–Crippen LogP) is 5.80. The van der Waals surface area contributed by atoms with E-state index in [0.29, 0.717) is 0 Å². The molecule has 0 bridgehead atoms. The van der Waals surface area contributed by atoms with Crippen LogP contribution in [0, 0.1) is 0 Å². The van der Waals surface area contributed by atoms with Crippen LogP contribution in [0.2, 0.25) is 0 Å². The molecular weight excluding hydrogens is 322 g/mol. The van der Waals surface area contributed by atoms with Crippen LogP contribution in [0.1, 0.15) is 23.1 Å². The Bertz CT molecular complexity index is 972. The van der Waals surface area contributed by atoms with Crippen molar-refractivity contribution >= 4 is 33.2 Å². The number of aryl methyl sites for hydroxylation is 1. The SMILES string of the molecule is CC[n+]1c(C=C(c2ccccc2)c2ccccc2)sc2ccccc21. The zero-order chi connectivity index (χ0) is 17.1. The highest BCUT2D eigenvalue weighted by Crippen LogP contribution is 2.28. The number of hydrogen-bond acceptors (Lipinski definition) is 1. The molecule has 0 aliphatic heterocycles. The minimum atomic E-state index is 0.965. The molecule has 0 N–H and O–H groups in total. The van der Waals surface area contributed by atoms with Gasteiger partial charge < -0.3 is 0 Å². The number of para-hydroxylation sites is 1. The zero-order valence-electron chi connectivity index (χ0n) is 14.2. The molecule has 0 aliphatic carbocycles. The average molecular weight is 342 g/mol. The third-order valence-corrected chi connectivity index (χ3v) is 5.50. The summed E-state index contributed by atoms with van der Waals surface area (Å²) in [6, 6.07) is 29.9. The van der Waals surface area contributed by atoms with Crippen LogP contribution >= 0.6 is 11.3 Å². The van der Waals surface area contributed by atoms with Gasteiger partial charge in [0.25, 0.3) is 5.01 Å². The lowest BCUT2D eigenvalue weighted by molar-refractivity contribution is -0.665. The fourth-order valence-corrected chi connectivity index (χ4v) is 4.35. The van der Waals surface area contributed by atoms with Gasteiger partial charge in [0.05, 0.1) is 0 Å². The molecule has 0 atom stereocenters. The molecule has 0 fully saturated rings. The van der Waals surface area contributed by atoms with Gasteiger partial charge in [-0.1, -0.05) is 84.1 Å². The summed E-state index contributed by atoms with van der Waals surface area (Å²) in [7, 11) is 0. The van der Waals surface area contributed by atoms with Crippen molar-refractivity contribution in [2.75, 3.05) is 0 Å². The van der Waals surface area contributed by atoms with Gasteiger partial charge in [-0.15, -0.1) is 0 Å². The number of aromatic nitrogens is 1. The lowest BCUT2D eigenvalue weighted by atomic mass is 9.98. The molecule has 3 aromatic carbocycles. The van der Waals surface area contributed by atoms with E-state index in [9.17, 15) is 0 Å². The molecule has 0 spiro atoms. The highest BCUT2D eigenvalue weighted by molar-refractivity contribution is 7.18. The molecule has 1 aromatic heterocycles. The maximum atomic E-state index is 2.39. The molecule has 1 heterocycles. The second-order valence-corrected chi connectivity index (χ2v) is 7.00. The lowest BCUT2D eigenvalue weighted by Crippen LogP contribution is -2.33. The van der Waals surface area contributed by atoms with E-state index in [1.165, 1.54) is 31.9 Å². The van der Waals surface area contributed by atoms with Gasteiger partial charge in [0, 0.05) is 12.1 Å². The summed E-state index contributed by atoms with van der Waals surface area (Å²) in [6.07, 6.45) is 2.33. The van der Waals surface area contributed by atoms with Crippen LogP contribution in [-0.4, -0.2) is 0 Å². The van der Waals surface area contributed by atoms with Crippen LogP contribution in [0.4, 0.5) is 0 Å². The summed E-state index contributed by atoms with van der Waals surface area (Å²) >= 11 is 1.85. The van der Waals surface area contributed by atoms with E-state index in [4.69, 9.17) is 0 Å². The van der Waals surface area contributed by atoms with Crippen LogP contribution in [0.3, 0.4) is 0 Å². The number of fused-ring (bicyclic) bond motifs is 1. The Morgan fingerprint density at radius 1 is 0.800 bits per heavy atom. The van der Waals surface area contributed by atoms with Crippen molar-refractivity contribution in [3.05, 3.63) is 101 Å². The molecular formula is C23H20NS+. The fourth-order valence-electron chi connectivity index (χ4n) is 3.18. The van der Waals surface area contributed by atoms with E-state index in [0.717, 1.165) is 6.54 Å². The molecule has 0 amide bonds. The first kappa shape index (κ1) is 15.8. The normalized spacial score (nSPS) is 10.8. The minimum Gasteiger partial charge on any atom is -0.182 e. The highest BCUT2D eigenvalue weighted by Gasteiger charge is 2.18. The average Bonchev–Trinajstić information content (AvgIpc) is 3.04. The lowest BCUT2D eigenvalue weighted by Gasteiger charge is -2.07. The molecule has 0 aliphatic rings. The molecule has 2 heteroatoms. The monoisotopic (exact) mass is 342 g/mol. The van der Waals surface area contributed by atoms with E-state index >= 15 is 0 Å². The van der Waals surface area contributed by atoms with Gasteiger partial charge in [-0.2, -0.15) is 4.57 Å². The van der Waals surface area contributed by atoms with E-state index in [2.05, 4.69) is 102 Å². The van der Waals surface area contributed by atoms with E-state index in [1.807, 2.05) is 11.3 Å². The maximum absolute atomic E-state index is 2.39. The zero-order valence-corrected chi connectivity index (χ0v) is 15.0. The third-order valence-electron chi connectivity index (χ3n) is 4.39. The maximum Gasteiger partial charge on any atom is 0.263 e. The van der Waals surface area contributed by atoms with Crippen LogP contribution < -0.4 is 4.57 Å². The first-order valence-corrected chi connectivity index (χ1v) is 9.42. The molecule has 0 radical (unpaired) electrons. The Morgan fingerprint density at radius 3 is 1.96 bits per heavy atom. The van der Waals surface area contributed by atoms with Gasteiger partial charge in [0.1, 0.15) is 11.2 Å². The Morgan fingerprint density at radius 2 is 1.36 bits per heavy atom. The van der Waals surface area contributed by atoms with E-state index in [1.54, 1.807) is 0 Å². The van der Waals surface area contributed by atoms with Crippen LogP contribution in [0.15, 0.2) is 84.9 Å². The largest absolute Gasteiger partial charge is 0.263 e. The van der Waals surface area contributed by atoms with E-state index < -0.39 is 0 Å². The number of nitrogens with zero attached hydrogens (tertiary/aromatic N) is 1. The summed E-state index contributed by atoms with van der Waals surface area (Å²) in [5.74, 6) is 0. The Balaban J connectivity index is 1.94. The molecule has 0 saturated heterocycles. The molecule has 0 unspecified atom stereocenters. The van der Waals surface area contributed by atoms with Crippen LogP contribution in [-0.2, 0) is 6.54 Å². The molecule has 0 saturated carbocycles. The first-order valence-electron chi connectivity index (χ1n) is 8.60. The highest BCUT2D eigenvalue weighted by atomic mass is 32.1. The second kappa shape index (κ2) is 7.04. The van der Waals surface area contributed by atoms with Crippen molar-refractivity contribution in [2.45, 2.75) is 13.5 Å². The number of hydrogen-bond donors (Lipinski definition) is 0. The summed E-state index contributed by atoms with van der Waals surface area (Å²) in [6.45, 7) is 3.17. The Kier molecular flexibility index (Phi) is 4.45. The molecule has 1 nitrogen and oxygen atoms in total. The molecule has 122 valence electrons. The summed E-state index contributed by atoms with van der Waals surface area (Å²) < 4.78 is 3.72. The summed E-state index contributed by atoms with van der Waals surface area (Å²) in [5, 5.41) is 1.28. The van der Waals surface area contributed by atoms with Gasteiger partial charge in [-0.25, -0.2) is 0 Å². The van der Waals surface area contributed by atoms with Gasteiger partial charge in [0.2, 0.25) is 5.52 Å². The third kappa shape index (κ3) is 3.13. The summed E-state index contributed by atoms with van der Waals surface area (Å²) in [5.41, 5.74) is 5.05. The number of benzene rings is 3. The topological polar surface area (TPSA) is 3.88 Å². The van der Waals surface area contributed by atoms with Crippen molar-refractivity contribution in [2.24, 2.45) is 0 Å². The van der Waals surface area contributed by atoms with Crippen molar-refractivity contribution < 1.29 is 4.57 Å².